The van der Waals surface area contributed by atoms with Gasteiger partial charge in [0.2, 0.25) is 0 Å². The zero-order valence-corrected chi connectivity index (χ0v) is 9.17. The van der Waals surface area contributed by atoms with Gasteiger partial charge in [0, 0.05) is 5.88 Å². The van der Waals surface area contributed by atoms with Crippen molar-refractivity contribution in [3.05, 3.63) is 23.8 Å². The van der Waals surface area contributed by atoms with Crippen LogP contribution >= 0.6 is 11.6 Å². The first-order chi connectivity index (χ1) is 7.24. The Balaban J connectivity index is 2.32. The molecule has 0 spiro atoms. The Kier molecular flexibility index (Phi) is 2.82. The highest BCUT2D eigenvalue weighted by atomic mass is 35.5. The molecule has 1 amide bonds. The predicted octanol–water partition coefficient (Wildman–Crippen LogP) is 2.53. The zero-order chi connectivity index (χ0) is 10.8. The van der Waals surface area contributed by atoms with Gasteiger partial charge in [-0.05, 0) is 24.1 Å². The molecule has 1 atom stereocenters. The van der Waals surface area contributed by atoms with Crippen molar-refractivity contribution in [2.75, 3.05) is 5.32 Å². The maximum Gasteiger partial charge on any atom is 0.265 e. The fourth-order valence-electron chi connectivity index (χ4n) is 1.55. The van der Waals surface area contributed by atoms with Gasteiger partial charge in [0.1, 0.15) is 5.75 Å². The first kappa shape index (κ1) is 10.3. The number of benzene rings is 1. The third-order valence-electron chi connectivity index (χ3n) is 2.39. The van der Waals surface area contributed by atoms with Crippen molar-refractivity contribution >= 4 is 23.2 Å². The predicted molar refractivity (Wildman–Crippen MR) is 59.3 cm³/mol. The first-order valence-electron chi connectivity index (χ1n) is 4.91. The third kappa shape index (κ3) is 1.92. The molecule has 3 nitrogen and oxygen atoms in total. The molecule has 1 N–H and O–H groups in total. The monoisotopic (exact) mass is 225 g/mol. The summed E-state index contributed by atoms with van der Waals surface area (Å²) in [5.74, 6) is 1.06. The van der Waals surface area contributed by atoms with Crippen molar-refractivity contribution in [1.82, 2.24) is 0 Å². The van der Waals surface area contributed by atoms with Gasteiger partial charge in [-0.3, -0.25) is 4.79 Å². The molecule has 1 unspecified atom stereocenters. The summed E-state index contributed by atoms with van der Waals surface area (Å²) < 4.78 is 5.54. The molecule has 1 aromatic carbocycles. The van der Waals surface area contributed by atoms with Gasteiger partial charge in [0.25, 0.3) is 5.91 Å². The van der Waals surface area contributed by atoms with E-state index < -0.39 is 0 Å². The van der Waals surface area contributed by atoms with Crippen LogP contribution in [0, 0.1) is 0 Å². The van der Waals surface area contributed by atoms with Crippen molar-refractivity contribution < 1.29 is 9.53 Å². The van der Waals surface area contributed by atoms with Crippen molar-refractivity contribution in [2.24, 2.45) is 0 Å². The summed E-state index contributed by atoms with van der Waals surface area (Å²) in [5.41, 5.74) is 1.68. The number of ether oxygens (including phenoxy) is 1. The smallest absolute Gasteiger partial charge is 0.265 e. The number of halogens is 1. The van der Waals surface area contributed by atoms with Gasteiger partial charge < -0.3 is 10.1 Å². The van der Waals surface area contributed by atoms with Crippen molar-refractivity contribution in [3.8, 4) is 5.75 Å². The fraction of sp³-hybridized carbons (Fsp3) is 0.364. The number of carbonyl (C=O) groups is 1. The molecule has 0 aliphatic carbocycles. The number of alkyl halides is 1. The summed E-state index contributed by atoms with van der Waals surface area (Å²) in [6.45, 7) is 1.92. The lowest BCUT2D eigenvalue weighted by atomic mass is 10.1. The lowest BCUT2D eigenvalue weighted by Gasteiger charge is -2.25. The SMILES string of the molecule is CCC1Oc2ccc(CCl)cc2NC1=O. The van der Waals surface area contributed by atoms with Crippen LogP contribution < -0.4 is 10.1 Å². The third-order valence-corrected chi connectivity index (χ3v) is 2.70. The standard InChI is InChI=1S/C11H12ClNO2/c1-2-9-11(14)13-8-5-7(6-12)3-4-10(8)15-9/h3-5,9H,2,6H2,1H3,(H,13,14). The maximum atomic E-state index is 11.5. The van der Waals surface area contributed by atoms with E-state index in [2.05, 4.69) is 5.32 Å². The van der Waals surface area contributed by atoms with Gasteiger partial charge in [-0.1, -0.05) is 13.0 Å². The molecule has 0 aromatic heterocycles. The quantitative estimate of drug-likeness (QED) is 0.786. The number of hydrogen-bond donors (Lipinski definition) is 1. The number of rotatable bonds is 2. The Morgan fingerprint density at radius 3 is 3.00 bits per heavy atom. The summed E-state index contributed by atoms with van der Waals surface area (Å²) in [7, 11) is 0. The number of amides is 1. The van der Waals surface area contributed by atoms with E-state index in [1.165, 1.54) is 0 Å². The fourth-order valence-corrected chi connectivity index (χ4v) is 1.72. The van der Waals surface area contributed by atoms with Gasteiger partial charge in [-0.25, -0.2) is 0 Å². The van der Waals surface area contributed by atoms with Crippen LogP contribution in [0.1, 0.15) is 18.9 Å². The molecule has 1 aliphatic heterocycles. The summed E-state index contributed by atoms with van der Waals surface area (Å²) in [6, 6.07) is 5.58. The normalized spacial score (nSPS) is 19.1. The molecule has 2 rings (SSSR count). The van der Waals surface area contributed by atoms with E-state index in [9.17, 15) is 4.79 Å². The molecule has 15 heavy (non-hydrogen) atoms. The van der Waals surface area contributed by atoms with Crippen LogP contribution in [-0.4, -0.2) is 12.0 Å². The summed E-state index contributed by atoms with van der Waals surface area (Å²) in [6.07, 6.45) is 0.294. The van der Waals surface area contributed by atoms with Crippen LogP contribution in [0.3, 0.4) is 0 Å². The van der Waals surface area contributed by atoms with Gasteiger partial charge >= 0.3 is 0 Å². The minimum atomic E-state index is -0.376. The van der Waals surface area contributed by atoms with Crippen LogP contribution in [-0.2, 0) is 10.7 Å². The summed E-state index contributed by atoms with van der Waals surface area (Å²) in [5, 5.41) is 2.81. The number of fused-ring (bicyclic) bond motifs is 1. The van der Waals surface area contributed by atoms with Gasteiger partial charge in [-0.2, -0.15) is 0 Å². The number of anilines is 1. The second-order valence-electron chi connectivity index (χ2n) is 3.47. The molecular weight excluding hydrogens is 214 g/mol. The van der Waals surface area contributed by atoms with Gasteiger partial charge in [-0.15, -0.1) is 11.6 Å². The molecule has 0 radical (unpaired) electrons. The van der Waals surface area contributed by atoms with E-state index >= 15 is 0 Å². The van der Waals surface area contributed by atoms with E-state index in [0.29, 0.717) is 18.0 Å². The summed E-state index contributed by atoms with van der Waals surface area (Å²) >= 11 is 5.71. The largest absolute Gasteiger partial charge is 0.478 e. The molecule has 0 saturated heterocycles. The second-order valence-corrected chi connectivity index (χ2v) is 3.74. The molecule has 1 aromatic rings. The lowest BCUT2D eigenvalue weighted by molar-refractivity contribution is -0.123. The Hall–Kier alpha value is -1.22. The Labute approximate surface area is 93.4 Å². The maximum absolute atomic E-state index is 11.5. The topological polar surface area (TPSA) is 38.3 Å². The van der Waals surface area contributed by atoms with Crippen LogP contribution in [0.2, 0.25) is 0 Å². The average Bonchev–Trinajstić information content (AvgIpc) is 2.27. The Morgan fingerprint density at radius 2 is 2.33 bits per heavy atom. The van der Waals surface area contributed by atoms with Crippen molar-refractivity contribution in [1.29, 1.82) is 0 Å². The highest BCUT2D eigenvalue weighted by Crippen LogP contribution is 2.31. The molecule has 4 heteroatoms. The second kappa shape index (κ2) is 4.11. The van der Waals surface area contributed by atoms with E-state index in [1.54, 1.807) is 0 Å². The molecule has 80 valence electrons. The minimum Gasteiger partial charge on any atom is -0.478 e. The molecule has 1 aliphatic rings. The van der Waals surface area contributed by atoms with Crippen LogP contribution in [0.25, 0.3) is 0 Å². The van der Waals surface area contributed by atoms with Crippen LogP contribution in [0.15, 0.2) is 18.2 Å². The van der Waals surface area contributed by atoms with E-state index in [0.717, 1.165) is 11.3 Å². The number of nitrogens with one attached hydrogen (secondary N) is 1. The number of hydrogen-bond acceptors (Lipinski definition) is 2. The van der Waals surface area contributed by atoms with E-state index in [1.807, 2.05) is 25.1 Å². The molecule has 0 bridgehead atoms. The number of carbonyl (C=O) groups excluding carboxylic acids is 1. The van der Waals surface area contributed by atoms with E-state index in [-0.39, 0.29) is 12.0 Å². The molecule has 0 fully saturated rings. The first-order valence-corrected chi connectivity index (χ1v) is 5.44. The highest BCUT2D eigenvalue weighted by Gasteiger charge is 2.25. The average molecular weight is 226 g/mol. The van der Waals surface area contributed by atoms with Crippen LogP contribution in [0.4, 0.5) is 5.69 Å². The molecule has 1 heterocycles. The molecular formula is C11H12ClNO2. The zero-order valence-electron chi connectivity index (χ0n) is 8.42. The Bertz CT molecular complexity index is 392. The van der Waals surface area contributed by atoms with Crippen molar-refractivity contribution in [2.45, 2.75) is 25.3 Å². The lowest BCUT2D eigenvalue weighted by Crippen LogP contribution is -2.36. The van der Waals surface area contributed by atoms with Crippen LogP contribution in [0.5, 0.6) is 5.75 Å². The van der Waals surface area contributed by atoms with Gasteiger partial charge in [0.15, 0.2) is 6.10 Å². The van der Waals surface area contributed by atoms with Crippen molar-refractivity contribution in [3.63, 3.8) is 0 Å². The Morgan fingerprint density at radius 1 is 1.53 bits per heavy atom. The minimum absolute atomic E-state index is 0.0864. The summed E-state index contributed by atoms with van der Waals surface area (Å²) in [4.78, 5) is 11.5. The van der Waals surface area contributed by atoms with E-state index in [4.69, 9.17) is 16.3 Å². The van der Waals surface area contributed by atoms with Gasteiger partial charge in [0.05, 0.1) is 5.69 Å². The molecule has 0 saturated carbocycles. The highest BCUT2D eigenvalue weighted by molar-refractivity contribution is 6.17.